The van der Waals surface area contributed by atoms with E-state index in [0.717, 1.165) is 11.6 Å². The van der Waals surface area contributed by atoms with Gasteiger partial charge >= 0.3 is 0 Å². The van der Waals surface area contributed by atoms with E-state index in [2.05, 4.69) is 54.9 Å². The monoisotopic (exact) mass is 291 g/mol. The van der Waals surface area contributed by atoms with Crippen molar-refractivity contribution in [3.63, 3.8) is 0 Å². The van der Waals surface area contributed by atoms with Gasteiger partial charge in [-0.25, -0.2) is 0 Å². The van der Waals surface area contributed by atoms with Crippen molar-refractivity contribution in [3.8, 4) is 0 Å². The Morgan fingerprint density at radius 3 is 2.42 bits per heavy atom. The molecular weight excluding hydrogens is 274 g/mol. The number of hydrogen-bond donors (Lipinski definition) is 1. The number of halogens is 1. The van der Waals surface area contributed by atoms with Crippen LogP contribution in [0.2, 0.25) is 5.02 Å². The molecule has 2 aromatic rings. The Bertz CT molecular complexity index is 525. The molecule has 1 N–H and O–H groups in total. The van der Waals surface area contributed by atoms with Crippen LogP contribution < -0.4 is 5.32 Å². The van der Waals surface area contributed by atoms with Gasteiger partial charge in [-0.2, -0.15) is 0 Å². The summed E-state index contributed by atoms with van der Waals surface area (Å²) in [5.74, 6) is 0. The number of nitrogens with one attached hydrogen (secondary N) is 1. The largest absolute Gasteiger partial charge is 0.306 e. The maximum Gasteiger partial charge on any atom is 0.0587 e. The highest BCUT2D eigenvalue weighted by atomic mass is 35.5. The summed E-state index contributed by atoms with van der Waals surface area (Å²) >= 11 is 7.75. The van der Waals surface area contributed by atoms with Gasteiger partial charge in [-0.05, 0) is 42.1 Å². The molecule has 0 aliphatic heterocycles. The van der Waals surface area contributed by atoms with Crippen molar-refractivity contribution in [3.05, 3.63) is 64.7 Å². The number of benzene rings is 2. The fourth-order valence-corrected chi connectivity index (χ4v) is 2.93. The van der Waals surface area contributed by atoms with Gasteiger partial charge in [0.15, 0.2) is 0 Å². The quantitative estimate of drug-likeness (QED) is 0.797. The van der Waals surface area contributed by atoms with Crippen molar-refractivity contribution in [2.45, 2.75) is 17.9 Å². The van der Waals surface area contributed by atoms with E-state index < -0.39 is 0 Å². The third-order valence-electron chi connectivity index (χ3n) is 3.06. The van der Waals surface area contributed by atoms with Crippen molar-refractivity contribution in [1.29, 1.82) is 0 Å². The molecule has 19 heavy (non-hydrogen) atoms. The molecule has 2 aromatic carbocycles. The first kappa shape index (κ1) is 14.4. The third kappa shape index (κ3) is 3.53. The molecule has 0 aromatic heterocycles. The minimum Gasteiger partial charge on any atom is -0.306 e. The lowest BCUT2D eigenvalue weighted by atomic mass is 9.98. The molecule has 100 valence electrons. The number of thioether (sulfide) groups is 1. The summed E-state index contributed by atoms with van der Waals surface area (Å²) in [7, 11) is 0. The highest BCUT2D eigenvalue weighted by Gasteiger charge is 2.15. The second-order valence-corrected chi connectivity index (χ2v) is 5.57. The van der Waals surface area contributed by atoms with E-state index in [-0.39, 0.29) is 6.04 Å². The summed E-state index contributed by atoms with van der Waals surface area (Å²) in [6.45, 7) is 3.06. The van der Waals surface area contributed by atoms with Crippen molar-refractivity contribution in [2.75, 3.05) is 12.8 Å². The van der Waals surface area contributed by atoms with E-state index in [1.165, 1.54) is 16.0 Å². The van der Waals surface area contributed by atoms with Crippen molar-refractivity contribution in [1.82, 2.24) is 5.32 Å². The van der Waals surface area contributed by atoms with Crippen molar-refractivity contribution in [2.24, 2.45) is 0 Å². The molecule has 2 rings (SSSR count). The lowest BCUT2D eigenvalue weighted by molar-refractivity contribution is 0.622. The highest BCUT2D eigenvalue weighted by Crippen LogP contribution is 2.30. The van der Waals surface area contributed by atoms with Crippen LogP contribution in [0.5, 0.6) is 0 Å². The predicted molar refractivity (Wildman–Crippen MR) is 85.2 cm³/mol. The topological polar surface area (TPSA) is 12.0 Å². The molecule has 0 fully saturated rings. The molecule has 1 atom stereocenters. The third-order valence-corrected chi connectivity index (χ3v) is 4.13. The van der Waals surface area contributed by atoms with Crippen LogP contribution in [0.3, 0.4) is 0 Å². The first-order chi connectivity index (χ1) is 9.26. The summed E-state index contributed by atoms with van der Waals surface area (Å²) in [4.78, 5) is 1.31. The smallest absolute Gasteiger partial charge is 0.0587 e. The fourth-order valence-electron chi connectivity index (χ4n) is 2.17. The van der Waals surface area contributed by atoms with Gasteiger partial charge in [-0.3, -0.25) is 0 Å². The molecule has 0 aliphatic rings. The second-order valence-electron chi connectivity index (χ2n) is 4.28. The Hall–Kier alpha value is -0.960. The van der Waals surface area contributed by atoms with Crippen LogP contribution in [0.25, 0.3) is 0 Å². The van der Waals surface area contributed by atoms with Gasteiger partial charge < -0.3 is 5.32 Å². The summed E-state index contributed by atoms with van der Waals surface area (Å²) in [5.41, 5.74) is 2.56. The normalized spacial score (nSPS) is 12.4. The van der Waals surface area contributed by atoms with Crippen LogP contribution in [0.4, 0.5) is 0 Å². The van der Waals surface area contributed by atoms with Gasteiger partial charge in [0.25, 0.3) is 0 Å². The Balaban J connectivity index is 2.42. The van der Waals surface area contributed by atoms with Crippen LogP contribution >= 0.6 is 23.4 Å². The van der Waals surface area contributed by atoms with E-state index in [9.17, 15) is 0 Å². The van der Waals surface area contributed by atoms with Crippen LogP contribution in [0, 0.1) is 0 Å². The number of hydrogen-bond acceptors (Lipinski definition) is 2. The number of rotatable bonds is 5. The molecule has 0 radical (unpaired) electrons. The van der Waals surface area contributed by atoms with Gasteiger partial charge in [0.2, 0.25) is 0 Å². The maximum absolute atomic E-state index is 5.97. The molecular formula is C16H18ClNS. The molecule has 0 heterocycles. The average Bonchev–Trinajstić information content (AvgIpc) is 2.46. The van der Waals surface area contributed by atoms with Crippen LogP contribution in [-0.4, -0.2) is 12.8 Å². The summed E-state index contributed by atoms with van der Waals surface area (Å²) in [6, 6.07) is 16.8. The maximum atomic E-state index is 5.97. The van der Waals surface area contributed by atoms with E-state index in [0.29, 0.717) is 0 Å². The van der Waals surface area contributed by atoms with Crippen LogP contribution in [-0.2, 0) is 0 Å². The SMILES string of the molecule is CCNC(c1ccc(Cl)cc1)c1ccccc1SC. The predicted octanol–water partition coefficient (Wildman–Crippen LogP) is 4.76. The molecule has 1 nitrogen and oxygen atoms in total. The minimum absolute atomic E-state index is 0.214. The Kier molecular flexibility index (Phi) is 5.32. The molecule has 0 aliphatic carbocycles. The molecule has 0 bridgehead atoms. The zero-order valence-corrected chi connectivity index (χ0v) is 12.8. The fraction of sp³-hybridized carbons (Fsp3) is 0.250. The molecule has 0 spiro atoms. The highest BCUT2D eigenvalue weighted by molar-refractivity contribution is 7.98. The lowest BCUT2D eigenvalue weighted by Crippen LogP contribution is -2.22. The summed E-state index contributed by atoms with van der Waals surface area (Å²) in [5, 5.41) is 4.33. The Morgan fingerprint density at radius 2 is 1.79 bits per heavy atom. The average molecular weight is 292 g/mol. The standard InChI is InChI=1S/C16H18ClNS/c1-3-18-16(12-8-10-13(17)11-9-12)14-6-4-5-7-15(14)19-2/h4-11,16,18H,3H2,1-2H3. The second kappa shape index (κ2) is 6.99. The molecule has 0 saturated carbocycles. The molecule has 3 heteroatoms. The van der Waals surface area contributed by atoms with Gasteiger partial charge in [0, 0.05) is 9.92 Å². The van der Waals surface area contributed by atoms with E-state index in [1.54, 1.807) is 11.8 Å². The van der Waals surface area contributed by atoms with Gasteiger partial charge in [0.05, 0.1) is 6.04 Å². The molecule has 0 saturated heterocycles. The first-order valence-electron chi connectivity index (χ1n) is 6.38. The van der Waals surface area contributed by atoms with Crippen LogP contribution in [0.15, 0.2) is 53.4 Å². The Morgan fingerprint density at radius 1 is 1.11 bits per heavy atom. The van der Waals surface area contributed by atoms with Crippen molar-refractivity contribution < 1.29 is 0 Å². The summed E-state index contributed by atoms with van der Waals surface area (Å²) < 4.78 is 0. The summed E-state index contributed by atoms with van der Waals surface area (Å²) in [6.07, 6.45) is 2.11. The van der Waals surface area contributed by atoms with E-state index in [4.69, 9.17) is 11.6 Å². The molecule has 1 unspecified atom stereocenters. The van der Waals surface area contributed by atoms with Gasteiger partial charge in [0.1, 0.15) is 0 Å². The molecule has 0 amide bonds. The Labute approximate surface area is 124 Å². The van der Waals surface area contributed by atoms with Gasteiger partial charge in [-0.15, -0.1) is 11.8 Å². The zero-order chi connectivity index (χ0) is 13.7. The van der Waals surface area contributed by atoms with Crippen molar-refractivity contribution >= 4 is 23.4 Å². The minimum atomic E-state index is 0.214. The lowest BCUT2D eigenvalue weighted by Gasteiger charge is -2.21. The van der Waals surface area contributed by atoms with Crippen LogP contribution in [0.1, 0.15) is 24.1 Å². The van der Waals surface area contributed by atoms with E-state index >= 15 is 0 Å². The zero-order valence-electron chi connectivity index (χ0n) is 11.2. The van der Waals surface area contributed by atoms with Gasteiger partial charge in [-0.1, -0.05) is 48.9 Å². The van der Waals surface area contributed by atoms with E-state index in [1.807, 2.05) is 12.1 Å². The first-order valence-corrected chi connectivity index (χ1v) is 7.98.